The third-order valence-electron chi connectivity index (χ3n) is 13.9. The van der Waals surface area contributed by atoms with Gasteiger partial charge in [-0.15, -0.1) is 0 Å². The number of anilines is 3. The molecule has 11 rings (SSSR count). The van der Waals surface area contributed by atoms with Crippen LogP contribution in [-0.4, -0.2) is 0 Å². The van der Waals surface area contributed by atoms with Gasteiger partial charge in [-0.05, 0) is 114 Å². The molecule has 0 unspecified atom stereocenters. The molecule has 8 aromatic rings. The number of benzene rings is 8. The summed E-state index contributed by atoms with van der Waals surface area (Å²) in [5.41, 5.74) is 24.5. The average molecular weight is 746 g/mol. The zero-order valence-corrected chi connectivity index (χ0v) is 34.2. The highest BCUT2D eigenvalue weighted by Crippen LogP contribution is 2.57. The minimum absolute atomic E-state index is 0.0653. The van der Waals surface area contributed by atoms with E-state index in [2.05, 4.69) is 222 Å². The SMILES string of the molecule is CC1(C)c2ccccc2-c2c(-c3cccc(N(c4cccc(-c5cccc6c5-c5ccccc5C6(C)C)c4)c4cccc5c4-c4ccccc4C5(C)C)c3)cccc21. The van der Waals surface area contributed by atoms with Gasteiger partial charge < -0.3 is 4.90 Å². The van der Waals surface area contributed by atoms with E-state index in [9.17, 15) is 0 Å². The molecule has 280 valence electrons. The normalized spacial score (nSPS) is 15.5. The van der Waals surface area contributed by atoms with Crippen LogP contribution in [0.3, 0.4) is 0 Å². The zero-order valence-electron chi connectivity index (χ0n) is 34.2. The summed E-state index contributed by atoms with van der Waals surface area (Å²) in [7, 11) is 0. The predicted octanol–water partition coefficient (Wildman–Crippen LogP) is 15.4. The van der Waals surface area contributed by atoms with Crippen molar-refractivity contribution in [1.29, 1.82) is 0 Å². The van der Waals surface area contributed by atoms with Crippen molar-refractivity contribution in [3.8, 4) is 55.6 Å². The Labute approximate surface area is 343 Å². The van der Waals surface area contributed by atoms with E-state index in [0.29, 0.717) is 0 Å². The molecule has 0 bridgehead atoms. The fourth-order valence-corrected chi connectivity index (χ4v) is 11.0. The summed E-state index contributed by atoms with van der Waals surface area (Å²) < 4.78 is 0. The molecule has 0 aromatic heterocycles. The Kier molecular flexibility index (Phi) is 7.36. The molecule has 0 saturated heterocycles. The lowest BCUT2D eigenvalue weighted by atomic mass is 9.82. The molecule has 1 nitrogen and oxygen atoms in total. The summed E-state index contributed by atoms with van der Waals surface area (Å²) in [4.78, 5) is 2.52. The van der Waals surface area contributed by atoms with Crippen molar-refractivity contribution in [2.24, 2.45) is 0 Å². The lowest BCUT2D eigenvalue weighted by Gasteiger charge is -2.30. The molecule has 8 aromatic carbocycles. The monoisotopic (exact) mass is 745 g/mol. The molecule has 0 aliphatic heterocycles. The average Bonchev–Trinajstić information content (AvgIpc) is 3.74. The van der Waals surface area contributed by atoms with Gasteiger partial charge in [0.2, 0.25) is 0 Å². The molecule has 3 aliphatic carbocycles. The molecule has 3 aliphatic rings. The first-order valence-electron chi connectivity index (χ1n) is 20.8. The van der Waals surface area contributed by atoms with Crippen molar-refractivity contribution >= 4 is 17.1 Å². The Morgan fingerprint density at radius 3 is 1.07 bits per heavy atom. The van der Waals surface area contributed by atoms with Crippen molar-refractivity contribution in [3.63, 3.8) is 0 Å². The molecule has 0 fully saturated rings. The molecule has 0 spiro atoms. The van der Waals surface area contributed by atoms with E-state index in [-0.39, 0.29) is 16.2 Å². The first-order valence-corrected chi connectivity index (χ1v) is 20.8. The van der Waals surface area contributed by atoms with E-state index in [4.69, 9.17) is 0 Å². The van der Waals surface area contributed by atoms with Crippen molar-refractivity contribution in [1.82, 2.24) is 0 Å². The van der Waals surface area contributed by atoms with E-state index >= 15 is 0 Å². The third-order valence-corrected chi connectivity index (χ3v) is 13.9. The Balaban J connectivity index is 1.14. The fourth-order valence-electron chi connectivity index (χ4n) is 11.0. The van der Waals surface area contributed by atoms with Crippen LogP contribution in [-0.2, 0) is 16.2 Å². The van der Waals surface area contributed by atoms with Gasteiger partial charge in [0.1, 0.15) is 0 Å². The van der Waals surface area contributed by atoms with Crippen molar-refractivity contribution in [3.05, 3.63) is 209 Å². The molecular formula is C57H47N. The number of hydrogen-bond donors (Lipinski definition) is 0. The second-order valence-corrected chi connectivity index (χ2v) is 18.1. The predicted molar refractivity (Wildman–Crippen MR) is 245 cm³/mol. The van der Waals surface area contributed by atoms with E-state index in [1.54, 1.807) is 0 Å². The number of rotatable bonds is 5. The smallest absolute Gasteiger partial charge is 0.0543 e. The minimum Gasteiger partial charge on any atom is -0.310 e. The van der Waals surface area contributed by atoms with Gasteiger partial charge in [-0.2, -0.15) is 0 Å². The molecule has 0 atom stereocenters. The van der Waals surface area contributed by atoms with Crippen LogP contribution in [0.2, 0.25) is 0 Å². The Morgan fingerprint density at radius 2 is 0.621 bits per heavy atom. The maximum Gasteiger partial charge on any atom is 0.0543 e. The van der Waals surface area contributed by atoms with Gasteiger partial charge >= 0.3 is 0 Å². The molecule has 0 saturated carbocycles. The Morgan fingerprint density at radius 1 is 0.293 bits per heavy atom. The van der Waals surface area contributed by atoms with Gasteiger partial charge in [0.15, 0.2) is 0 Å². The summed E-state index contributed by atoms with van der Waals surface area (Å²) in [5, 5.41) is 0. The van der Waals surface area contributed by atoms with Crippen LogP contribution in [0.5, 0.6) is 0 Å². The highest BCUT2D eigenvalue weighted by Gasteiger charge is 2.40. The highest BCUT2D eigenvalue weighted by molar-refractivity contribution is 5.99. The van der Waals surface area contributed by atoms with Crippen LogP contribution >= 0.6 is 0 Å². The largest absolute Gasteiger partial charge is 0.310 e. The molecule has 0 heterocycles. The molecule has 1 heteroatoms. The first kappa shape index (κ1) is 34.8. The van der Waals surface area contributed by atoms with Gasteiger partial charge in [0, 0.05) is 33.2 Å². The molecule has 0 radical (unpaired) electrons. The number of fused-ring (bicyclic) bond motifs is 9. The second kappa shape index (κ2) is 12.3. The van der Waals surface area contributed by atoms with Gasteiger partial charge in [0.05, 0.1) is 5.69 Å². The summed E-state index contributed by atoms with van der Waals surface area (Å²) in [6, 6.07) is 66.2. The third kappa shape index (κ3) is 4.77. The Bertz CT molecular complexity index is 2840. The number of hydrogen-bond acceptors (Lipinski definition) is 1. The standard InChI is InChI=1S/C57H47N/c1-55(2)45-27-10-7-22-42(45)52-40(25-15-30-48(52)55)36-18-13-20-38(34-36)58(51-33-17-32-50-54(51)44-24-9-12-29-47(44)57(50,5)6)39-21-14-19-37(35-39)41-26-16-31-49-53(41)43-23-8-11-28-46(43)56(49,3)4/h7-35H,1-6H3. The van der Waals surface area contributed by atoms with Gasteiger partial charge in [-0.3, -0.25) is 0 Å². The summed E-state index contributed by atoms with van der Waals surface area (Å²) in [5.74, 6) is 0. The van der Waals surface area contributed by atoms with E-state index in [1.165, 1.54) is 94.7 Å². The molecule has 0 amide bonds. The second-order valence-electron chi connectivity index (χ2n) is 18.1. The maximum atomic E-state index is 2.52. The van der Waals surface area contributed by atoms with Crippen LogP contribution in [0.1, 0.15) is 74.9 Å². The van der Waals surface area contributed by atoms with E-state index in [0.717, 1.165) is 11.4 Å². The van der Waals surface area contributed by atoms with Crippen molar-refractivity contribution in [2.45, 2.75) is 57.8 Å². The topological polar surface area (TPSA) is 3.24 Å². The van der Waals surface area contributed by atoms with Crippen LogP contribution in [0.25, 0.3) is 55.6 Å². The quantitative estimate of drug-likeness (QED) is 0.170. The van der Waals surface area contributed by atoms with E-state index < -0.39 is 0 Å². The maximum absolute atomic E-state index is 2.52. The minimum atomic E-state index is -0.118. The van der Waals surface area contributed by atoms with Gasteiger partial charge in [-0.1, -0.05) is 187 Å². The van der Waals surface area contributed by atoms with Gasteiger partial charge in [-0.25, -0.2) is 0 Å². The molecule has 0 N–H and O–H groups in total. The zero-order chi connectivity index (χ0) is 39.6. The van der Waals surface area contributed by atoms with Crippen LogP contribution in [0, 0.1) is 0 Å². The first-order chi connectivity index (χ1) is 28.1. The lowest BCUT2D eigenvalue weighted by Crippen LogP contribution is -2.16. The summed E-state index contributed by atoms with van der Waals surface area (Å²) >= 11 is 0. The van der Waals surface area contributed by atoms with Crippen LogP contribution < -0.4 is 4.90 Å². The van der Waals surface area contributed by atoms with E-state index in [1.807, 2.05) is 0 Å². The fraction of sp³-hybridized carbons (Fsp3) is 0.158. The molecule has 58 heavy (non-hydrogen) atoms. The Hall–Kier alpha value is -6.44. The highest BCUT2D eigenvalue weighted by atomic mass is 15.1. The van der Waals surface area contributed by atoms with Crippen molar-refractivity contribution < 1.29 is 0 Å². The van der Waals surface area contributed by atoms with Gasteiger partial charge in [0.25, 0.3) is 0 Å². The summed E-state index contributed by atoms with van der Waals surface area (Å²) in [6.45, 7) is 14.2. The lowest BCUT2D eigenvalue weighted by molar-refractivity contribution is 0.660. The van der Waals surface area contributed by atoms with Crippen molar-refractivity contribution in [2.75, 3.05) is 4.90 Å². The number of nitrogens with zero attached hydrogens (tertiary/aromatic N) is 1. The molecular weight excluding hydrogens is 699 g/mol. The van der Waals surface area contributed by atoms with Crippen LogP contribution in [0.4, 0.5) is 17.1 Å². The van der Waals surface area contributed by atoms with Crippen LogP contribution in [0.15, 0.2) is 176 Å². The summed E-state index contributed by atoms with van der Waals surface area (Å²) in [6.07, 6.45) is 0.